The summed E-state index contributed by atoms with van der Waals surface area (Å²) in [6.45, 7) is 13.2. The molecule has 22 heavy (non-hydrogen) atoms. The van der Waals surface area contributed by atoms with Crippen LogP contribution in [0.4, 0.5) is 13.2 Å². The molecule has 1 rings (SSSR count). The van der Waals surface area contributed by atoms with Crippen molar-refractivity contribution in [2.45, 2.75) is 57.9 Å². The lowest BCUT2D eigenvalue weighted by molar-refractivity contribution is -0.0510. The van der Waals surface area contributed by atoms with Gasteiger partial charge in [0.15, 0.2) is 0 Å². The largest absolute Gasteiger partial charge is 0.522 e. The van der Waals surface area contributed by atoms with Gasteiger partial charge in [0.1, 0.15) is 0 Å². The molecule has 1 N–H and O–H groups in total. The average molecular weight is 341 g/mol. The van der Waals surface area contributed by atoms with Gasteiger partial charge in [-0.15, -0.1) is 0 Å². The molecule has 8 heteroatoms. The highest BCUT2D eigenvalue weighted by Crippen LogP contribution is 2.25. The quantitative estimate of drug-likeness (QED) is 0.570. The fraction of sp³-hybridized carbons (Fsp3) is 0.643. The molecule has 0 aliphatic carbocycles. The van der Waals surface area contributed by atoms with Gasteiger partial charge in [0.2, 0.25) is 0 Å². The molecule has 1 aromatic rings. The van der Waals surface area contributed by atoms with Crippen LogP contribution in [0.25, 0.3) is 0 Å². The molecule has 0 aliphatic heterocycles. The molecule has 0 fully saturated rings. The zero-order valence-electron chi connectivity index (χ0n) is 13.5. The Labute approximate surface area is 129 Å². The summed E-state index contributed by atoms with van der Waals surface area (Å²) in [5, 5.41) is 0. The van der Waals surface area contributed by atoms with Gasteiger partial charge in [-0.25, -0.2) is 0 Å². The summed E-state index contributed by atoms with van der Waals surface area (Å²) in [6, 6.07) is 6.32. The van der Waals surface area contributed by atoms with Gasteiger partial charge < -0.3 is 0 Å². The Bertz CT molecular complexity index is 568. The normalized spacial score (nSPS) is 13.4. The van der Waals surface area contributed by atoms with Crippen molar-refractivity contribution in [1.29, 1.82) is 0 Å². The third-order valence-corrected chi connectivity index (χ3v) is 3.16. The molecule has 1 aromatic heterocycles. The zero-order valence-corrected chi connectivity index (χ0v) is 14.3. The second-order valence-corrected chi connectivity index (χ2v) is 8.24. The van der Waals surface area contributed by atoms with E-state index in [0.29, 0.717) is 0 Å². The van der Waals surface area contributed by atoms with Crippen molar-refractivity contribution < 1.29 is 26.1 Å². The van der Waals surface area contributed by atoms with Crippen LogP contribution in [0, 0.1) is 0 Å². The first-order valence-electron chi connectivity index (χ1n) is 6.48. The average Bonchev–Trinajstić information content (AvgIpc) is 2.25. The van der Waals surface area contributed by atoms with E-state index in [9.17, 15) is 13.2 Å². The molecule has 4 nitrogen and oxygen atoms in total. The molecule has 0 amide bonds. The SMILES string of the molecule is CC(C)(C)c1cccc(C(C)(C)C)n1.O=S(=O)(O)C(F)(F)F. The van der Waals surface area contributed by atoms with E-state index in [1.165, 1.54) is 11.4 Å². The summed E-state index contributed by atoms with van der Waals surface area (Å²) >= 11 is 0. The van der Waals surface area contributed by atoms with Crippen molar-refractivity contribution in [3.8, 4) is 0 Å². The van der Waals surface area contributed by atoms with Crippen LogP contribution >= 0.6 is 0 Å². The molecule has 0 aliphatic rings. The van der Waals surface area contributed by atoms with E-state index in [-0.39, 0.29) is 10.8 Å². The number of halogens is 3. The van der Waals surface area contributed by atoms with Crippen molar-refractivity contribution in [1.82, 2.24) is 4.98 Å². The maximum atomic E-state index is 10.7. The smallest absolute Gasteiger partial charge is 0.279 e. The second-order valence-electron chi connectivity index (χ2n) is 6.83. The second kappa shape index (κ2) is 6.54. The van der Waals surface area contributed by atoms with E-state index in [1.54, 1.807) is 0 Å². The van der Waals surface area contributed by atoms with Gasteiger partial charge in [0, 0.05) is 22.2 Å². The molecule has 0 aromatic carbocycles. The van der Waals surface area contributed by atoms with Crippen LogP contribution < -0.4 is 0 Å². The maximum absolute atomic E-state index is 10.7. The molecule has 0 bridgehead atoms. The van der Waals surface area contributed by atoms with Crippen molar-refractivity contribution in [2.75, 3.05) is 0 Å². The van der Waals surface area contributed by atoms with Crippen LogP contribution in [-0.4, -0.2) is 23.5 Å². The van der Waals surface area contributed by atoms with Gasteiger partial charge in [-0.05, 0) is 12.1 Å². The Kier molecular flexibility index (Phi) is 6.19. The van der Waals surface area contributed by atoms with Gasteiger partial charge in [-0.2, -0.15) is 21.6 Å². The Hall–Kier alpha value is -1.15. The lowest BCUT2D eigenvalue weighted by Gasteiger charge is -2.23. The summed E-state index contributed by atoms with van der Waals surface area (Å²) in [5.41, 5.74) is -2.91. The van der Waals surface area contributed by atoms with Crippen molar-refractivity contribution in [2.24, 2.45) is 0 Å². The van der Waals surface area contributed by atoms with Crippen molar-refractivity contribution >= 4 is 10.1 Å². The van der Waals surface area contributed by atoms with Crippen LogP contribution in [0.5, 0.6) is 0 Å². The highest BCUT2D eigenvalue weighted by atomic mass is 32.2. The van der Waals surface area contributed by atoms with Gasteiger partial charge in [0.25, 0.3) is 0 Å². The molecule has 0 atom stereocenters. The number of hydrogen-bond acceptors (Lipinski definition) is 3. The van der Waals surface area contributed by atoms with Crippen molar-refractivity contribution in [3.63, 3.8) is 0 Å². The summed E-state index contributed by atoms with van der Waals surface area (Å²) in [6.07, 6.45) is 0. The summed E-state index contributed by atoms with van der Waals surface area (Å²) in [7, 11) is -5.84. The van der Waals surface area contributed by atoms with E-state index in [2.05, 4.69) is 59.7 Å². The molecular formula is C14H22F3NO3S. The predicted octanol–water partition coefficient (Wildman–Crippen LogP) is 4.07. The molecule has 0 radical (unpaired) electrons. The molecular weight excluding hydrogens is 319 g/mol. The maximum Gasteiger partial charge on any atom is 0.522 e. The third kappa shape index (κ3) is 6.74. The van der Waals surface area contributed by atoms with E-state index in [0.717, 1.165) is 0 Å². The highest BCUT2D eigenvalue weighted by molar-refractivity contribution is 7.86. The zero-order chi connectivity index (χ0) is 18.0. The summed E-state index contributed by atoms with van der Waals surface area (Å²) in [4.78, 5) is 4.72. The molecule has 0 spiro atoms. The lowest BCUT2D eigenvalue weighted by atomic mass is 9.88. The van der Waals surface area contributed by atoms with E-state index < -0.39 is 15.6 Å². The van der Waals surface area contributed by atoms with Crippen molar-refractivity contribution in [3.05, 3.63) is 29.6 Å². The number of pyridine rings is 1. The third-order valence-electron chi connectivity index (χ3n) is 2.58. The Morgan fingerprint density at radius 3 is 1.36 bits per heavy atom. The summed E-state index contributed by atoms with van der Waals surface area (Å²) < 4.78 is 57.5. The highest BCUT2D eigenvalue weighted by Gasteiger charge is 2.44. The number of nitrogens with zero attached hydrogens (tertiary/aromatic N) is 1. The summed E-state index contributed by atoms with van der Waals surface area (Å²) in [5.74, 6) is 0. The van der Waals surface area contributed by atoms with Crippen LogP contribution in [-0.2, 0) is 20.9 Å². The number of alkyl halides is 3. The van der Waals surface area contributed by atoms with Crippen LogP contribution in [0.2, 0.25) is 0 Å². The number of hydrogen-bond donors (Lipinski definition) is 1. The first kappa shape index (κ1) is 20.9. The molecule has 128 valence electrons. The fourth-order valence-electron chi connectivity index (χ4n) is 1.27. The monoisotopic (exact) mass is 341 g/mol. The molecule has 1 heterocycles. The van der Waals surface area contributed by atoms with Gasteiger partial charge in [-0.1, -0.05) is 47.6 Å². The predicted molar refractivity (Wildman–Crippen MR) is 79.2 cm³/mol. The minimum atomic E-state index is -5.84. The Morgan fingerprint density at radius 1 is 0.909 bits per heavy atom. The van der Waals surface area contributed by atoms with E-state index in [1.807, 2.05) is 0 Å². The fourth-order valence-corrected chi connectivity index (χ4v) is 1.27. The minimum Gasteiger partial charge on any atom is -0.279 e. The van der Waals surface area contributed by atoms with Gasteiger partial charge in [0.05, 0.1) is 0 Å². The molecule has 0 saturated heterocycles. The van der Waals surface area contributed by atoms with E-state index in [4.69, 9.17) is 18.0 Å². The lowest BCUT2D eigenvalue weighted by Crippen LogP contribution is -2.21. The van der Waals surface area contributed by atoms with Gasteiger partial charge >= 0.3 is 15.6 Å². The standard InChI is InChI=1S/C13H21N.CHF3O3S/c1-12(2,3)10-8-7-9-11(14-10)13(4,5)6;2-1(3,4)8(5,6)7/h7-9H,1-6H3;(H,5,6,7). The van der Waals surface area contributed by atoms with Crippen LogP contribution in [0.1, 0.15) is 52.9 Å². The minimum absolute atomic E-state index is 0.140. The topological polar surface area (TPSA) is 67.3 Å². The van der Waals surface area contributed by atoms with Crippen LogP contribution in [0.15, 0.2) is 18.2 Å². The molecule has 0 unspecified atom stereocenters. The number of rotatable bonds is 0. The van der Waals surface area contributed by atoms with Crippen LogP contribution in [0.3, 0.4) is 0 Å². The Morgan fingerprint density at radius 2 is 1.18 bits per heavy atom. The Balaban J connectivity index is 0.000000472. The first-order valence-corrected chi connectivity index (χ1v) is 7.92. The van der Waals surface area contributed by atoms with E-state index >= 15 is 0 Å². The number of aromatic nitrogens is 1. The first-order chi connectivity index (χ1) is 9.46. The van der Waals surface area contributed by atoms with Gasteiger partial charge in [-0.3, -0.25) is 9.54 Å². The molecule has 0 saturated carbocycles.